The van der Waals surface area contributed by atoms with Crippen molar-refractivity contribution >= 4 is 11.6 Å². The second-order valence-corrected chi connectivity index (χ2v) is 5.40. The van der Waals surface area contributed by atoms with E-state index in [4.69, 9.17) is 9.84 Å². The standard InChI is InChI=1S/C18H23N3O4/c1-21(14-7-3-2-4-8-14)16(23)13-25-15-9-5-10-19-17(15)18(24)20-11-6-12-22/h2-5,7-10,18,20,22,24H,6,11-13H2,1H3. The summed E-state index contributed by atoms with van der Waals surface area (Å²) in [6.07, 6.45) is 1.02. The molecule has 0 radical (unpaired) electrons. The van der Waals surface area contributed by atoms with E-state index in [2.05, 4.69) is 10.3 Å². The number of carbonyl (C=O) groups excluding carboxylic acids is 1. The molecular formula is C18H23N3O4. The van der Waals surface area contributed by atoms with Crippen molar-refractivity contribution in [3.05, 3.63) is 54.4 Å². The van der Waals surface area contributed by atoms with Crippen LogP contribution in [-0.2, 0) is 4.79 Å². The molecule has 0 spiro atoms. The highest BCUT2D eigenvalue weighted by molar-refractivity contribution is 5.93. The number of benzene rings is 1. The number of ether oxygens (including phenoxy) is 1. The quantitative estimate of drug-likeness (QED) is 0.465. The molecule has 1 heterocycles. The molecular weight excluding hydrogens is 322 g/mol. The van der Waals surface area contributed by atoms with Crippen LogP contribution in [-0.4, -0.2) is 47.9 Å². The Bertz CT molecular complexity index is 666. The SMILES string of the molecule is CN(C(=O)COc1cccnc1C(O)NCCCO)c1ccccc1. The van der Waals surface area contributed by atoms with Gasteiger partial charge in [0.2, 0.25) is 0 Å². The van der Waals surface area contributed by atoms with Gasteiger partial charge in [0.1, 0.15) is 11.4 Å². The van der Waals surface area contributed by atoms with Crippen LogP contribution in [0.4, 0.5) is 5.69 Å². The van der Waals surface area contributed by atoms with Gasteiger partial charge in [0.25, 0.3) is 5.91 Å². The molecule has 7 heteroatoms. The van der Waals surface area contributed by atoms with Gasteiger partial charge in [0.15, 0.2) is 12.8 Å². The van der Waals surface area contributed by atoms with E-state index in [1.54, 1.807) is 19.2 Å². The predicted molar refractivity (Wildman–Crippen MR) is 94.2 cm³/mol. The summed E-state index contributed by atoms with van der Waals surface area (Å²) in [6.45, 7) is 0.294. The Morgan fingerprint density at radius 3 is 2.76 bits per heavy atom. The van der Waals surface area contributed by atoms with Gasteiger partial charge in [0.05, 0.1) is 0 Å². The van der Waals surface area contributed by atoms with E-state index in [-0.39, 0.29) is 19.1 Å². The number of pyridine rings is 1. The first kappa shape index (κ1) is 18.9. The number of aliphatic hydroxyl groups is 2. The van der Waals surface area contributed by atoms with Crippen LogP contribution in [0.3, 0.4) is 0 Å². The molecule has 2 aromatic rings. The molecule has 1 unspecified atom stereocenters. The topological polar surface area (TPSA) is 94.9 Å². The number of para-hydroxylation sites is 1. The molecule has 0 bridgehead atoms. The number of nitrogens with zero attached hydrogens (tertiary/aromatic N) is 2. The third-order valence-electron chi connectivity index (χ3n) is 3.60. The van der Waals surface area contributed by atoms with Crippen LogP contribution in [0.2, 0.25) is 0 Å². The van der Waals surface area contributed by atoms with Crippen LogP contribution in [0.1, 0.15) is 18.3 Å². The zero-order chi connectivity index (χ0) is 18.1. The van der Waals surface area contributed by atoms with Gasteiger partial charge in [-0.25, -0.2) is 0 Å². The Morgan fingerprint density at radius 1 is 1.28 bits per heavy atom. The van der Waals surface area contributed by atoms with Crippen molar-refractivity contribution in [2.45, 2.75) is 12.6 Å². The zero-order valence-corrected chi connectivity index (χ0v) is 14.1. The molecule has 25 heavy (non-hydrogen) atoms. The molecule has 0 saturated heterocycles. The lowest BCUT2D eigenvalue weighted by atomic mass is 10.3. The summed E-state index contributed by atoms with van der Waals surface area (Å²) in [5, 5.41) is 21.8. The first-order valence-corrected chi connectivity index (χ1v) is 8.05. The summed E-state index contributed by atoms with van der Waals surface area (Å²) in [6, 6.07) is 12.6. The van der Waals surface area contributed by atoms with Crippen molar-refractivity contribution in [1.82, 2.24) is 10.3 Å². The summed E-state index contributed by atoms with van der Waals surface area (Å²) >= 11 is 0. The molecule has 134 valence electrons. The van der Waals surface area contributed by atoms with E-state index in [9.17, 15) is 9.90 Å². The minimum absolute atomic E-state index is 0.0334. The minimum Gasteiger partial charge on any atom is -0.482 e. The average Bonchev–Trinajstić information content (AvgIpc) is 2.66. The molecule has 1 atom stereocenters. The van der Waals surface area contributed by atoms with Crippen molar-refractivity contribution in [3.8, 4) is 5.75 Å². The molecule has 7 nitrogen and oxygen atoms in total. The van der Waals surface area contributed by atoms with Gasteiger partial charge < -0.3 is 19.8 Å². The molecule has 3 N–H and O–H groups in total. The molecule has 1 amide bonds. The number of aliphatic hydroxyl groups excluding tert-OH is 2. The van der Waals surface area contributed by atoms with Crippen molar-refractivity contribution < 1.29 is 19.7 Å². The van der Waals surface area contributed by atoms with Gasteiger partial charge in [-0.15, -0.1) is 0 Å². The van der Waals surface area contributed by atoms with Crippen molar-refractivity contribution in [2.24, 2.45) is 0 Å². The lowest BCUT2D eigenvalue weighted by Crippen LogP contribution is -2.31. The molecule has 0 aliphatic carbocycles. The first-order chi connectivity index (χ1) is 12.1. The maximum absolute atomic E-state index is 12.3. The number of anilines is 1. The van der Waals surface area contributed by atoms with Gasteiger partial charge in [-0.1, -0.05) is 18.2 Å². The number of hydrogen-bond donors (Lipinski definition) is 3. The highest BCUT2D eigenvalue weighted by Gasteiger charge is 2.17. The van der Waals surface area contributed by atoms with Crippen molar-refractivity contribution in [2.75, 3.05) is 31.7 Å². The Hall–Kier alpha value is -2.48. The molecule has 0 aliphatic rings. The monoisotopic (exact) mass is 345 g/mol. The van der Waals surface area contributed by atoms with Gasteiger partial charge >= 0.3 is 0 Å². The Labute approximate surface area is 146 Å². The summed E-state index contributed by atoms with van der Waals surface area (Å²) in [4.78, 5) is 17.9. The molecule has 1 aromatic carbocycles. The van der Waals surface area contributed by atoms with E-state index in [1.807, 2.05) is 30.3 Å². The normalized spacial score (nSPS) is 11.8. The fourth-order valence-electron chi connectivity index (χ4n) is 2.18. The highest BCUT2D eigenvalue weighted by Crippen LogP contribution is 2.21. The smallest absolute Gasteiger partial charge is 0.264 e. The average molecular weight is 345 g/mol. The van der Waals surface area contributed by atoms with E-state index in [0.29, 0.717) is 24.4 Å². The fourth-order valence-corrected chi connectivity index (χ4v) is 2.18. The lowest BCUT2D eigenvalue weighted by Gasteiger charge is -2.19. The largest absolute Gasteiger partial charge is 0.482 e. The van der Waals surface area contributed by atoms with Crippen LogP contribution in [0.15, 0.2) is 48.7 Å². The third-order valence-corrected chi connectivity index (χ3v) is 3.60. The van der Waals surface area contributed by atoms with E-state index in [0.717, 1.165) is 5.69 Å². The van der Waals surface area contributed by atoms with Crippen LogP contribution >= 0.6 is 0 Å². The van der Waals surface area contributed by atoms with E-state index >= 15 is 0 Å². The summed E-state index contributed by atoms with van der Waals surface area (Å²) in [5.41, 5.74) is 1.07. The van der Waals surface area contributed by atoms with Gasteiger partial charge in [-0.2, -0.15) is 0 Å². The first-order valence-electron chi connectivity index (χ1n) is 8.05. The lowest BCUT2D eigenvalue weighted by molar-refractivity contribution is -0.120. The third kappa shape index (κ3) is 5.53. The van der Waals surface area contributed by atoms with Crippen LogP contribution in [0, 0.1) is 0 Å². The number of hydrogen-bond acceptors (Lipinski definition) is 6. The number of nitrogens with one attached hydrogen (secondary N) is 1. The van der Waals surface area contributed by atoms with Crippen molar-refractivity contribution in [1.29, 1.82) is 0 Å². The number of aromatic nitrogens is 1. The Kier molecular flexibility index (Phi) is 7.34. The minimum atomic E-state index is -1.04. The molecule has 0 saturated carbocycles. The summed E-state index contributed by atoms with van der Waals surface area (Å²) in [7, 11) is 1.68. The predicted octanol–water partition coefficient (Wildman–Crippen LogP) is 1.09. The van der Waals surface area contributed by atoms with Gasteiger partial charge in [-0.3, -0.25) is 15.1 Å². The van der Waals surface area contributed by atoms with Crippen molar-refractivity contribution in [3.63, 3.8) is 0 Å². The highest BCUT2D eigenvalue weighted by atomic mass is 16.5. The maximum Gasteiger partial charge on any atom is 0.264 e. The van der Waals surface area contributed by atoms with E-state index in [1.165, 1.54) is 11.1 Å². The van der Waals surface area contributed by atoms with Crippen LogP contribution in [0.5, 0.6) is 5.75 Å². The van der Waals surface area contributed by atoms with Gasteiger partial charge in [0, 0.05) is 32.1 Å². The summed E-state index contributed by atoms with van der Waals surface area (Å²) in [5.74, 6) is 0.116. The second kappa shape index (κ2) is 9.73. The number of likely N-dealkylation sites (N-methyl/N-ethyl adjacent to an activating group) is 1. The molecule has 2 rings (SSSR count). The number of carbonyl (C=O) groups is 1. The molecule has 0 fully saturated rings. The second-order valence-electron chi connectivity index (χ2n) is 5.40. The van der Waals surface area contributed by atoms with Gasteiger partial charge in [-0.05, 0) is 30.7 Å². The van der Waals surface area contributed by atoms with E-state index < -0.39 is 6.23 Å². The Balaban J connectivity index is 1.97. The molecule has 1 aromatic heterocycles. The number of rotatable bonds is 9. The van der Waals surface area contributed by atoms with Crippen LogP contribution in [0.25, 0.3) is 0 Å². The number of amides is 1. The molecule has 0 aliphatic heterocycles. The fraction of sp³-hybridized carbons (Fsp3) is 0.333. The Morgan fingerprint density at radius 2 is 2.04 bits per heavy atom. The maximum atomic E-state index is 12.3. The zero-order valence-electron chi connectivity index (χ0n) is 14.1. The van der Waals surface area contributed by atoms with Crippen LogP contribution < -0.4 is 15.0 Å². The summed E-state index contributed by atoms with van der Waals surface area (Å²) < 4.78 is 5.57.